The molecule has 0 amide bonds. The summed E-state index contributed by atoms with van der Waals surface area (Å²) in [6.45, 7) is 6.24. The number of H-pyrrole nitrogens is 1. The van der Waals surface area contributed by atoms with Crippen molar-refractivity contribution in [1.82, 2.24) is 15.1 Å². The highest BCUT2D eigenvalue weighted by molar-refractivity contribution is 6.34. The van der Waals surface area contributed by atoms with Gasteiger partial charge in [-0.2, -0.15) is 5.10 Å². The normalized spacial score (nSPS) is 14.8. The van der Waals surface area contributed by atoms with Crippen LogP contribution >= 0.6 is 11.6 Å². The number of ether oxygens (including phenoxy) is 1. The number of anilines is 2. The molecule has 8 heteroatoms. The van der Waals surface area contributed by atoms with Crippen molar-refractivity contribution in [3.05, 3.63) is 63.5 Å². The van der Waals surface area contributed by atoms with Crippen molar-refractivity contribution in [2.45, 2.75) is 6.54 Å². The van der Waals surface area contributed by atoms with Gasteiger partial charge in [0.05, 0.1) is 18.6 Å². The molecule has 0 radical (unpaired) electrons. The molecule has 0 spiro atoms. The third-order valence-electron chi connectivity index (χ3n) is 5.03. The van der Waals surface area contributed by atoms with Crippen LogP contribution in [0, 0.1) is 0 Å². The lowest BCUT2D eigenvalue weighted by molar-refractivity contribution is 0.0398. The maximum Gasteiger partial charge on any atom is 0.272 e. The lowest BCUT2D eigenvalue weighted by Crippen LogP contribution is -2.39. The summed E-state index contributed by atoms with van der Waals surface area (Å²) in [7, 11) is 0. The number of aromatic amines is 1. The third kappa shape index (κ3) is 5.06. The molecule has 1 aromatic heterocycles. The highest BCUT2D eigenvalue weighted by Crippen LogP contribution is 2.22. The van der Waals surface area contributed by atoms with E-state index < -0.39 is 0 Å². The molecule has 1 aliphatic rings. The van der Waals surface area contributed by atoms with Gasteiger partial charge in [0.15, 0.2) is 5.15 Å². The molecule has 1 fully saturated rings. The molecular weight excluding hydrogens is 390 g/mol. The summed E-state index contributed by atoms with van der Waals surface area (Å²) in [6, 6.07) is 13.8. The van der Waals surface area contributed by atoms with Gasteiger partial charge >= 0.3 is 0 Å². The fraction of sp³-hybridized carbons (Fsp3) is 0.333. The second-order valence-electron chi connectivity index (χ2n) is 7.04. The number of morpholine rings is 1. The van der Waals surface area contributed by atoms with E-state index in [-0.39, 0.29) is 10.7 Å². The Kier molecular flexibility index (Phi) is 6.29. The molecule has 1 saturated heterocycles. The maximum absolute atomic E-state index is 11.8. The number of nitrogens with one attached hydrogen (secondary N) is 3. The van der Waals surface area contributed by atoms with Crippen molar-refractivity contribution in [3.63, 3.8) is 0 Å². The molecule has 0 atom stereocenters. The van der Waals surface area contributed by atoms with Crippen LogP contribution < -0.4 is 16.2 Å². The molecule has 29 heavy (non-hydrogen) atoms. The molecule has 2 heterocycles. The summed E-state index contributed by atoms with van der Waals surface area (Å²) in [6.07, 6.45) is 0. The Morgan fingerprint density at radius 3 is 2.76 bits per heavy atom. The van der Waals surface area contributed by atoms with E-state index in [1.165, 1.54) is 0 Å². The van der Waals surface area contributed by atoms with Gasteiger partial charge in [-0.05, 0) is 35.9 Å². The zero-order valence-electron chi connectivity index (χ0n) is 16.1. The van der Waals surface area contributed by atoms with Gasteiger partial charge < -0.3 is 15.4 Å². The number of benzene rings is 2. The average molecular weight is 414 g/mol. The number of hydrogen-bond acceptors (Lipinski definition) is 6. The fourth-order valence-electron chi connectivity index (χ4n) is 3.42. The molecule has 1 aliphatic heterocycles. The van der Waals surface area contributed by atoms with Gasteiger partial charge in [0, 0.05) is 49.5 Å². The van der Waals surface area contributed by atoms with Crippen molar-refractivity contribution >= 4 is 33.7 Å². The Morgan fingerprint density at radius 2 is 1.90 bits per heavy atom. The van der Waals surface area contributed by atoms with Crippen molar-refractivity contribution in [2.24, 2.45) is 0 Å². The first-order chi connectivity index (χ1) is 14.2. The molecular formula is C21H24ClN5O2. The van der Waals surface area contributed by atoms with E-state index in [0.717, 1.165) is 56.3 Å². The molecule has 0 saturated carbocycles. The van der Waals surface area contributed by atoms with Crippen LogP contribution in [-0.2, 0) is 11.3 Å². The minimum atomic E-state index is -0.244. The first-order valence-electron chi connectivity index (χ1n) is 9.74. The summed E-state index contributed by atoms with van der Waals surface area (Å²) in [5, 5.41) is 14.5. The summed E-state index contributed by atoms with van der Waals surface area (Å²) in [5.41, 5.74) is 2.91. The smallest absolute Gasteiger partial charge is 0.272 e. The van der Waals surface area contributed by atoms with E-state index in [2.05, 4.69) is 50.0 Å². The molecule has 2 aromatic carbocycles. The summed E-state index contributed by atoms with van der Waals surface area (Å²) < 4.78 is 5.38. The van der Waals surface area contributed by atoms with Gasteiger partial charge in [0.2, 0.25) is 0 Å². The highest BCUT2D eigenvalue weighted by atomic mass is 35.5. The predicted octanol–water partition coefficient (Wildman–Crippen LogP) is 2.93. The van der Waals surface area contributed by atoms with Gasteiger partial charge in [-0.3, -0.25) is 9.69 Å². The second kappa shape index (κ2) is 9.26. The van der Waals surface area contributed by atoms with E-state index in [4.69, 9.17) is 16.3 Å². The zero-order chi connectivity index (χ0) is 20.1. The number of aromatic nitrogens is 2. The van der Waals surface area contributed by atoms with Crippen LogP contribution in [0.2, 0.25) is 5.15 Å². The maximum atomic E-state index is 11.8. The number of nitrogens with zero attached hydrogens (tertiary/aromatic N) is 2. The quantitative estimate of drug-likeness (QED) is 0.552. The average Bonchev–Trinajstić information content (AvgIpc) is 2.76. The van der Waals surface area contributed by atoms with Crippen molar-refractivity contribution < 1.29 is 4.74 Å². The van der Waals surface area contributed by atoms with Crippen LogP contribution in [0.15, 0.2) is 47.3 Å². The van der Waals surface area contributed by atoms with Gasteiger partial charge in [-0.1, -0.05) is 23.7 Å². The first kappa shape index (κ1) is 19.7. The molecule has 3 aromatic rings. The number of halogens is 1. The lowest BCUT2D eigenvalue weighted by Gasteiger charge is -2.26. The van der Waals surface area contributed by atoms with Crippen LogP contribution in [0.1, 0.15) is 5.56 Å². The zero-order valence-corrected chi connectivity index (χ0v) is 16.8. The number of hydrogen-bond donors (Lipinski definition) is 3. The minimum Gasteiger partial charge on any atom is -0.384 e. The van der Waals surface area contributed by atoms with Crippen molar-refractivity contribution in [3.8, 4) is 0 Å². The van der Waals surface area contributed by atoms with Crippen LogP contribution in [0.4, 0.5) is 11.4 Å². The fourth-order valence-corrected chi connectivity index (χ4v) is 3.62. The third-order valence-corrected chi connectivity index (χ3v) is 5.31. The van der Waals surface area contributed by atoms with Crippen LogP contribution in [-0.4, -0.2) is 54.5 Å². The van der Waals surface area contributed by atoms with Crippen molar-refractivity contribution in [2.75, 3.05) is 50.0 Å². The topological polar surface area (TPSA) is 82.3 Å². The summed E-state index contributed by atoms with van der Waals surface area (Å²) in [5.74, 6) is 0. The molecule has 0 bridgehead atoms. The molecule has 0 unspecified atom stereocenters. The number of rotatable bonds is 7. The van der Waals surface area contributed by atoms with Crippen molar-refractivity contribution in [1.29, 1.82) is 0 Å². The monoisotopic (exact) mass is 413 g/mol. The molecule has 0 aliphatic carbocycles. The Hall–Kier alpha value is -2.61. The van der Waals surface area contributed by atoms with E-state index >= 15 is 0 Å². The van der Waals surface area contributed by atoms with Gasteiger partial charge in [-0.15, -0.1) is 0 Å². The lowest BCUT2D eigenvalue weighted by atomic mass is 10.1. The standard InChI is InChI=1S/C21H24ClN5O2/c22-20-19-13-17(4-5-18(19)21(28)26-25-20)24-14-15-2-1-3-16(12-15)23-6-7-27-8-10-29-11-9-27/h1-5,12-13,23-24H,6-11,14H2,(H,26,28). The number of fused-ring (bicyclic) bond motifs is 1. The van der Waals surface area contributed by atoms with E-state index in [0.29, 0.717) is 17.3 Å². The van der Waals surface area contributed by atoms with E-state index in [1.54, 1.807) is 6.07 Å². The molecule has 3 N–H and O–H groups in total. The summed E-state index contributed by atoms with van der Waals surface area (Å²) >= 11 is 6.12. The minimum absolute atomic E-state index is 0.244. The van der Waals surface area contributed by atoms with Crippen LogP contribution in [0.5, 0.6) is 0 Å². The Morgan fingerprint density at radius 1 is 1.07 bits per heavy atom. The Labute approximate surface area is 174 Å². The largest absolute Gasteiger partial charge is 0.384 e. The second-order valence-corrected chi connectivity index (χ2v) is 7.40. The Bertz CT molecular complexity index is 1030. The van der Waals surface area contributed by atoms with Crippen LogP contribution in [0.3, 0.4) is 0 Å². The SMILES string of the molecule is O=c1[nH]nc(Cl)c2cc(NCc3cccc(NCCN4CCOCC4)c3)ccc12. The summed E-state index contributed by atoms with van der Waals surface area (Å²) in [4.78, 5) is 14.2. The van der Waals surface area contributed by atoms with E-state index in [1.807, 2.05) is 12.1 Å². The van der Waals surface area contributed by atoms with E-state index in [9.17, 15) is 4.79 Å². The molecule has 4 rings (SSSR count). The van der Waals surface area contributed by atoms with Gasteiger partial charge in [0.25, 0.3) is 5.56 Å². The first-order valence-corrected chi connectivity index (χ1v) is 10.1. The predicted molar refractivity (Wildman–Crippen MR) is 117 cm³/mol. The van der Waals surface area contributed by atoms with Gasteiger partial charge in [-0.25, -0.2) is 5.10 Å². The van der Waals surface area contributed by atoms with Crippen LogP contribution in [0.25, 0.3) is 10.8 Å². The highest BCUT2D eigenvalue weighted by Gasteiger charge is 2.09. The Balaban J connectivity index is 1.35. The molecule has 7 nitrogen and oxygen atoms in total. The van der Waals surface area contributed by atoms with Gasteiger partial charge in [0.1, 0.15) is 0 Å². The molecule has 152 valence electrons.